The van der Waals surface area contributed by atoms with Crippen molar-refractivity contribution < 1.29 is 4.74 Å². The second-order valence-electron chi connectivity index (χ2n) is 6.21. The van der Waals surface area contributed by atoms with E-state index in [2.05, 4.69) is 39.1 Å². The molecule has 1 N–H and O–H groups in total. The van der Waals surface area contributed by atoms with Gasteiger partial charge in [0.25, 0.3) is 0 Å². The maximum absolute atomic E-state index is 5.91. The number of nitrogens with zero attached hydrogens (tertiary/aromatic N) is 1. The molecule has 1 heterocycles. The van der Waals surface area contributed by atoms with E-state index in [0.717, 1.165) is 22.9 Å². The van der Waals surface area contributed by atoms with Crippen molar-refractivity contribution >= 4 is 11.3 Å². The topological polar surface area (TPSA) is 34.1 Å². The molecule has 3 nitrogen and oxygen atoms in total. The van der Waals surface area contributed by atoms with Crippen molar-refractivity contribution in [2.45, 2.75) is 46.3 Å². The van der Waals surface area contributed by atoms with Crippen LogP contribution in [0.3, 0.4) is 0 Å². The van der Waals surface area contributed by atoms with Crippen LogP contribution in [0.1, 0.15) is 41.9 Å². The summed E-state index contributed by atoms with van der Waals surface area (Å²) in [6.45, 7) is 10.1. The Morgan fingerprint density at radius 3 is 2.57 bits per heavy atom. The number of hydrogen-bond donors (Lipinski definition) is 1. The fourth-order valence-corrected chi connectivity index (χ4v) is 3.39. The first kappa shape index (κ1) is 16.0. The summed E-state index contributed by atoms with van der Waals surface area (Å²) in [6, 6.07) is 8.08. The van der Waals surface area contributed by atoms with Gasteiger partial charge in [0.05, 0.1) is 5.69 Å². The van der Waals surface area contributed by atoms with Crippen molar-refractivity contribution in [2.75, 3.05) is 7.05 Å². The molecule has 0 aliphatic rings. The largest absolute Gasteiger partial charge is 0.486 e. The predicted molar refractivity (Wildman–Crippen MR) is 89.1 cm³/mol. The smallest absolute Gasteiger partial charge is 0.140 e. The molecule has 0 saturated heterocycles. The third kappa shape index (κ3) is 4.05. The minimum absolute atomic E-state index is 0.0591. The lowest BCUT2D eigenvalue weighted by Gasteiger charge is -2.17. The van der Waals surface area contributed by atoms with Crippen LogP contribution < -0.4 is 10.1 Å². The van der Waals surface area contributed by atoms with E-state index in [4.69, 9.17) is 9.72 Å². The second kappa shape index (κ2) is 6.58. The van der Waals surface area contributed by atoms with Crippen LogP contribution in [0.25, 0.3) is 0 Å². The maximum Gasteiger partial charge on any atom is 0.140 e. The molecule has 0 saturated carbocycles. The Bertz CT molecular complexity index is 599. The summed E-state index contributed by atoms with van der Waals surface area (Å²) in [5.41, 5.74) is 2.38. The number of aryl methyl sites for hydroxylation is 1. The quantitative estimate of drug-likeness (QED) is 0.905. The van der Waals surface area contributed by atoms with E-state index >= 15 is 0 Å². The lowest BCUT2D eigenvalue weighted by atomic mass is 9.91. The Balaban J connectivity index is 2.16. The molecule has 114 valence electrons. The SMILES string of the molecule is CNCc1sc(COc2ccccc2C)nc1C(C)(C)C. The monoisotopic (exact) mass is 304 g/mol. The van der Waals surface area contributed by atoms with Gasteiger partial charge in [-0.05, 0) is 25.6 Å². The van der Waals surface area contributed by atoms with Crippen LogP contribution in [-0.4, -0.2) is 12.0 Å². The third-order valence-electron chi connectivity index (χ3n) is 3.23. The molecule has 2 aromatic rings. The zero-order chi connectivity index (χ0) is 15.5. The maximum atomic E-state index is 5.91. The zero-order valence-corrected chi connectivity index (χ0v) is 14.3. The van der Waals surface area contributed by atoms with Crippen molar-refractivity contribution in [3.63, 3.8) is 0 Å². The number of nitrogens with one attached hydrogen (secondary N) is 1. The number of para-hydroxylation sites is 1. The average molecular weight is 304 g/mol. The Kier molecular flexibility index (Phi) is 5.01. The van der Waals surface area contributed by atoms with Crippen molar-refractivity contribution in [2.24, 2.45) is 0 Å². The minimum atomic E-state index is 0.0591. The molecular formula is C17H24N2OS. The van der Waals surface area contributed by atoms with Gasteiger partial charge in [-0.3, -0.25) is 0 Å². The van der Waals surface area contributed by atoms with E-state index in [-0.39, 0.29) is 5.41 Å². The van der Waals surface area contributed by atoms with Gasteiger partial charge in [-0.2, -0.15) is 0 Å². The summed E-state index contributed by atoms with van der Waals surface area (Å²) in [6.07, 6.45) is 0. The minimum Gasteiger partial charge on any atom is -0.486 e. The van der Waals surface area contributed by atoms with Gasteiger partial charge in [-0.1, -0.05) is 39.0 Å². The first-order valence-electron chi connectivity index (χ1n) is 7.24. The van der Waals surface area contributed by atoms with Gasteiger partial charge in [0.1, 0.15) is 17.4 Å². The fourth-order valence-electron chi connectivity index (χ4n) is 2.19. The van der Waals surface area contributed by atoms with E-state index in [1.807, 2.05) is 25.2 Å². The van der Waals surface area contributed by atoms with Gasteiger partial charge in [0, 0.05) is 16.8 Å². The number of aromatic nitrogens is 1. The van der Waals surface area contributed by atoms with Gasteiger partial charge < -0.3 is 10.1 Å². The lowest BCUT2D eigenvalue weighted by molar-refractivity contribution is 0.303. The zero-order valence-electron chi connectivity index (χ0n) is 13.5. The molecule has 0 aliphatic carbocycles. The van der Waals surface area contributed by atoms with Crippen molar-refractivity contribution in [1.82, 2.24) is 10.3 Å². The molecule has 0 amide bonds. The number of rotatable bonds is 5. The van der Waals surface area contributed by atoms with Crippen LogP contribution in [0.2, 0.25) is 0 Å². The lowest BCUT2D eigenvalue weighted by Crippen LogP contribution is -2.16. The highest BCUT2D eigenvalue weighted by Crippen LogP contribution is 2.30. The molecule has 0 atom stereocenters. The van der Waals surface area contributed by atoms with E-state index in [0.29, 0.717) is 6.61 Å². The molecule has 0 aliphatic heterocycles. The van der Waals surface area contributed by atoms with E-state index in [9.17, 15) is 0 Å². The summed E-state index contributed by atoms with van der Waals surface area (Å²) < 4.78 is 5.91. The van der Waals surface area contributed by atoms with E-state index < -0.39 is 0 Å². The van der Waals surface area contributed by atoms with Crippen molar-refractivity contribution in [1.29, 1.82) is 0 Å². The Morgan fingerprint density at radius 1 is 1.24 bits per heavy atom. The molecule has 0 unspecified atom stereocenters. The summed E-state index contributed by atoms with van der Waals surface area (Å²) in [5, 5.41) is 4.26. The van der Waals surface area contributed by atoms with Crippen LogP contribution in [0.4, 0.5) is 0 Å². The van der Waals surface area contributed by atoms with Crippen molar-refractivity contribution in [3.05, 3.63) is 45.4 Å². The predicted octanol–water partition coefficient (Wildman–Crippen LogP) is 4.05. The summed E-state index contributed by atoms with van der Waals surface area (Å²) in [7, 11) is 1.97. The fraction of sp³-hybridized carbons (Fsp3) is 0.471. The van der Waals surface area contributed by atoms with Gasteiger partial charge in [-0.15, -0.1) is 11.3 Å². The van der Waals surface area contributed by atoms with Gasteiger partial charge in [0.15, 0.2) is 0 Å². The molecule has 21 heavy (non-hydrogen) atoms. The number of thiazole rings is 1. The molecular weight excluding hydrogens is 280 g/mol. The molecule has 0 fully saturated rings. The molecule has 4 heteroatoms. The summed E-state index contributed by atoms with van der Waals surface area (Å²) in [5.74, 6) is 0.931. The standard InChI is InChI=1S/C17H24N2OS/c1-12-8-6-7-9-13(12)20-11-15-19-16(17(2,3)4)14(21-15)10-18-5/h6-9,18H,10-11H2,1-5H3. The van der Waals surface area contributed by atoms with Crippen LogP contribution >= 0.6 is 11.3 Å². The first-order chi connectivity index (χ1) is 9.91. The highest BCUT2D eigenvalue weighted by molar-refractivity contribution is 7.11. The van der Waals surface area contributed by atoms with Crippen LogP contribution in [0.5, 0.6) is 5.75 Å². The molecule has 1 aromatic heterocycles. The summed E-state index contributed by atoms with van der Waals surface area (Å²) >= 11 is 1.74. The number of hydrogen-bond acceptors (Lipinski definition) is 4. The highest BCUT2D eigenvalue weighted by Gasteiger charge is 2.23. The molecule has 0 radical (unpaired) electrons. The van der Waals surface area contributed by atoms with Gasteiger partial charge >= 0.3 is 0 Å². The number of ether oxygens (including phenoxy) is 1. The normalized spacial score (nSPS) is 11.7. The van der Waals surface area contributed by atoms with Crippen molar-refractivity contribution in [3.8, 4) is 5.75 Å². The second-order valence-corrected chi connectivity index (χ2v) is 7.38. The average Bonchev–Trinajstić information content (AvgIpc) is 2.81. The third-order valence-corrected chi connectivity index (χ3v) is 4.26. The molecule has 0 spiro atoms. The van der Waals surface area contributed by atoms with Gasteiger partial charge in [-0.25, -0.2) is 4.98 Å². The molecule has 0 bridgehead atoms. The van der Waals surface area contributed by atoms with Crippen LogP contribution in [-0.2, 0) is 18.6 Å². The summed E-state index contributed by atoms with van der Waals surface area (Å²) in [4.78, 5) is 6.10. The number of benzene rings is 1. The van der Waals surface area contributed by atoms with Crippen LogP contribution in [0, 0.1) is 6.92 Å². The first-order valence-corrected chi connectivity index (χ1v) is 8.05. The van der Waals surface area contributed by atoms with Gasteiger partial charge in [0.2, 0.25) is 0 Å². The molecule has 2 rings (SSSR count). The van der Waals surface area contributed by atoms with Crippen LogP contribution in [0.15, 0.2) is 24.3 Å². The Hall–Kier alpha value is -1.39. The van der Waals surface area contributed by atoms with E-state index in [1.165, 1.54) is 10.6 Å². The highest BCUT2D eigenvalue weighted by atomic mass is 32.1. The van der Waals surface area contributed by atoms with E-state index in [1.54, 1.807) is 11.3 Å². The Morgan fingerprint density at radius 2 is 1.95 bits per heavy atom. The molecule has 1 aromatic carbocycles. The Labute approximate surface area is 131 Å².